The van der Waals surface area contributed by atoms with Gasteiger partial charge in [-0.2, -0.15) is 0 Å². The molecule has 0 aliphatic carbocycles. The first kappa shape index (κ1) is 13.8. The van der Waals surface area contributed by atoms with Crippen molar-refractivity contribution in [3.05, 3.63) is 29.3 Å². The lowest BCUT2D eigenvalue weighted by Crippen LogP contribution is -2.30. The van der Waals surface area contributed by atoms with E-state index in [0.29, 0.717) is 36.9 Å². The van der Waals surface area contributed by atoms with Crippen molar-refractivity contribution in [3.63, 3.8) is 0 Å². The molecule has 0 aromatic heterocycles. The summed E-state index contributed by atoms with van der Waals surface area (Å²) in [7, 11) is 1.82. The Morgan fingerprint density at radius 1 is 1.41 bits per heavy atom. The van der Waals surface area contributed by atoms with Crippen molar-refractivity contribution in [1.29, 1.82) is 0 Å². The molecule has 94 valence electrons. The Balaban J connectivity index is 2.14. The standard InChI is InChI=1S/C12H17ClN2O2/c1-14-6-5-12(16)15-7-8-17-11-4-2-3-10(13)9-11/h2-4,9,14H,5-8H2,1H3,(H,15,16). The van der Waals surface area contributed by atoms with Crippen LogP contribution in [0.2, 0.25) is 5.02 Å². The fourth-order valence-corrected chi connectivity index (χ4v) is 1.42. The largest absolute Gasteiger partial charge is 0.492 e. The summed E-state index contributed by atoms with van der Waals surface area (Å²) in [6.45, 7) is 1.61. The van der Waals surface area contributed by atoms with Crippen LogP contribution >= 0.6 is 11.6 Å². The first-order chi connectivity index (χ1) is 8.22. The van der Waals surface area contributed by atoms with Crippen LogP contribution in [0.25, 0.3) is 0 Å². The molecule has 0 bridgehead atoms. The van der Waals surface area contributed by atoms with Crippen LogP contribution in [-0.4, -0.2) is 32.7 Å². The molecule has 0 heterocycles. The Hall–Kier alpha value is -1.26. The molecule has 1 aromatic carbocycles. The Morgan fingerprint density at radius 3 is 2.94 bits per heavy atom. The number of carbonyl (C=O) groups is 1. The normalized spacial score (nSPS) is 10.0. The quantitative estimate of drug-likeness (QED) is 0.726. The molecule has 0 atom stereocenters. The molecular formula is C12H17ClN2O2. The molecule has 0 unspecified atom stereocenters. The van der Waals surface area contributed by atoms with Crippen molar-refractivity contribution >= 4 is 17.5 Å². The van der Waals surface area contributed by atoms with Crippen LogP contribution in [-0.2, 0) is 4.79 Å². The van der Waals surface area contributed by atoms with E-state index in [4.69, 9.17) is 16.3 Å². The average molecular weight is 257 g/mol. The van der Waals surface area contributed by atoms with Crippen LogP contribution in [0.3, 0.4) is 0 Å². The van der Waals surface area contributed by atoms with Crippen molar-refractivity contribution in [2.75, 3.05) is 26.7 Å². The molecule has 1 amide bonds. The second kappa shape index (κ2) is 7.92. The van der Waals surface area contributed by atoms with Gasteiger partial charge in [-0.3, -0.25) is 4.79 Å². The zero-order valence-corrected chi connectivity index (χ0v) is 10.6. The third kappa shape index (κ3) is 6.14. The van der Waals surface area contributed by atoms with Crippen molar-refractivity contribution in [3.8, 4) is 5.75 Å². The fourth-order valence-electron chi connectivity index (χ4n) is 1.24. The second-order valence-electron chi connectivity index (χ2n) is 3.51. The molecule has 0 spiro atoms. The summed E-state index contributed by atoms with van der Waals surface area (Å²) in [5, 5.41) is 6.32. The predicted octanol–water partition coefficient (Wildman–Crippen LogP) is 1.44. The van der Waals surface area contributed by atoms with Gasteiger partial charge >= 0.3 is 0 Å². The van der Waals surface area contributed by atoms with Gasteiger partial charge in [-0.25, -0.2) is 0 Å². The summed E-state index contributed by atoms with van der Waals surface area (Å²) in [5.41, 5.74) is 0. The zero-order valence-electron chi connectivity index (χ0n) is 9.83. The van der Waals surface area contributed by atoms with E-state index >= 15 is 0 Å². The van der Waals surface area contributed by atoms with E-state index < -0.39 is 0 Å². The SMILES string of the molecule is CNCCC(=O)NCCOc1cccc(Cl)c1. The highest BCUT2D eigenvalue weighted by Crippen LogP contribution is 2.16. The molecule has 0 aliphatic rings. The second-order valence-corrected chi connectivity index (χ2v) is 3.95. The Kier molecular flexibility index (Phi) is 6.43. The van der Waals surface area contributed by atoms with Gasteiger partial charge in [-0.1, -0.05) is 17.7 Å². The summed E-state index contributed by atoms with van der Waals surface area (Å²) in [6.07, 6.45) is 0.480. The molecule has 1 aromatic rings. The predicted molar refractivity (Wildman–Crippen MR) is 68.5 cm³/mol. The molecule has 2 N–H and O–H groups in total. The van der Waals surface area contributed by atoms with Crippen LogP contribution < -0.4 is 15.4 Å². The first-order valence-corrected chi connectivity index (χ1v) is 5.90. The molecule has 1 rings (SSSR count). The summed E-state index contributed by atoms with van der Waals surface area (Å²) in [6, 6.07) is 7.18. The van der Waals surface area contributed by atoms with Crippen molar-refractivity contribution in [1.82, 2.24) is 10.6 Å². The Bertz CT molecular complexity index is 358. The third-order valence-electron chi connectivity index (χ3n) is 2.09. The number of nitrogens with one attached hydrogen (secondary N) is 2. The minimum Gasteiger partial charge on any atom is -0.492 e. The van der Waals surface area contributed by atoms with Gasteiger partial charge in [0.2, 0.25) is 5.91 Å². The Labute approximate surface area is 106 Å². The maximum Gasteiger partial charge on any atom is 0.221 e. The van der Waals surface area contributed by atoms with Gasteiger partial charge in [0.15, 0.2) is 0 Å². The van der Waals surface area contributed by atoms with Gasteiger partial charge in [0.05, 0.1) is 6.54 Å². The third-order valence-corrected chi connectivity index (χ3v) is 2.33. The van der Waals surface area contributed by atoms with Crippen molar-refractivity contribution < 1.29 is 9.53 Å². The van der Waals surface area contributed by atoms with Gasteiger partial charge < -0.3 is 15.4 Å². The monoisotopic (exact) mass is 256 g/mol. The zero-order chi connectivity index (χ0) is 12.5. The average Bonchev–Trinajstić information content (AvgIpc) is 2.32. The summed E-state index contributed by atoms with van der Waals surface area (Å²) in [5.74, 6) is 0.732. The van der Waals surface area contributed by atoms with E-state index in [1.807, 2.05) is 19.2 Å². The highest BCUT2D eigenvalue weighted by atomic mass is 35.5. The smallest absolute Gasteiger partial charge is 0.221 e. The van der Waals surface area contributed by atoms with E-state index in [2.05, 4.69) is 10.6 Å². The van der Waals surface area contributed by atoms with E-state index in [1.54, 1.807) is 12.1 Å². The summed E-state index contributed by atoms with van der Waals surface area (Å²) >= 11 is 5.81. The van der Waals surface area contributed by atoms with E-state index in [1.165, 1.54) is 0 Å². The summed E-state index contributed by atoms with van der Waals surface area (Å²) in [4.78, 5) is 11.2. The molecule has 0 fully saturated rings. The lowest BCUT2D eigenvalue weighted by Gasteiger charge is -2.07. The number of hydrogen-bond acceptors (Lipinski definition) is 3. The minimum atomic E-state index is 0.0223. The van der Waals surface area contributed by atoms with Gasteiger partial charge in [0.25, 0.3) is 0 Å². The van der Waals surface area contributed by atoms with Crippen LogP contribution in [0.15, 0.2) is 24.3 Å². The molecular weight excluding hydrogens is 240 g/mol. The molecule has 17 heavy (non-hydrogen) atoms. The Morgan fingerprint density at radius 2 is 2.24 bits per heavy atom. The fraction of sp³-hybridized carbons (Fsp3) is 0.417. The van der Waals surface area contributed by atoms with Crippen molar-refractivity contribution in [2.24, 2.45) is 0 Å². The number of ether oxygens (including phenoxy) is 1. The number of rotatable bonds is 7. The number of benzene rings is 1. The molecule has 0 aliphatic heterocycles. The van der Waals surface area contributed by atoms with E-state index in [9.17, 15) is 4.79 Å². The number of amides is 1. The maximum atomic E-state index is 11.2. The lowest BCUT2D eigenvalue weighted by atomic mass is 10.3. The minimum absolute atomic E-state index is 0.0223. The molecule has 0 saturated heterocycles. The van der Waals surface area contributed by atoms with E-state index in [0.717, 1.165) is 0 Å². The topological polar surface area (TPSA) is 50.4 Å². The molecule has 4 nitrogen and oxygen atoms in total. The van der Waals surface area contributed by atoms with Crippen LogP contribution in [0.1, 0.15) is 6.42 Å². The lowest BCUT2D eigenvalue weighted by molar-refractivity contribution is -0.121. The van der Waals surface area contributed by atoms with Gasteiger partial charge in [-0.05, 0) is 25.2 Å². The molecule has 5 heteroatoms. The van der Waals surface area contributed by atoms with Crippen molar-refractivity contribution in [2.45, 2.75) is 6.42 Å². The highest BCUT2D eigenvalue weighted by Gasteiger charge is 1.99. The first-order valence-electron chi connectivity index (χ1n) is 5.52. The maximum absolute atomic E-state index is 11.2. The highest BCUT2D eigenvalue weighted by molar-refractivity contribution is 6.30. The number of hydrogen-bond donors (Lipinski definition) is 2. The van der Waals surface area contributed by atoms with Crippen LogP contribution in [0, 0.1) is 0 Å². The number of carbonyl (C=O) groups excluding carboxylic acids is 1. The van der Waals surface area contributed by atoms with E-state index in [-0.39, 0.29) is 5.91 Å². The summed E-state index contributed by atoms with van der Waals surface area (Å²) < 4.78 is 5.43. The van der Waals surface area contributed by atoms with Gasteiger partial charge in [0, 0.05) is 18.0 Å². The number of halogens is 1. The van der Waals surface area contributed by atoms with Crippen LogP contribution in [0.5, 0.6) is 5.75 Å². The van der Waals surface area contributed by atoms with Gasteiger partial charge in [-0.15, -0.1) is 0 Å². The molecule has 0 saturated carbocycles. The van der Waals surface area contributed by atoms with Crippen LogP contribution in [0.4, 0.5) is 0 Å². The van der Waals surface area contributed by atoms with Gasteiger partial charge in [0.1, 0.15) is 12.4 Å². The molecule has 0 radical (unpaired) electrons.